The fourth-order valence-electron chi connectivity index (χ4n) is 6.05. The lowest BCUT2D eigenvalue weighted by Crippen LogP contribution is -2.63. The molecule has 3 rings (SSSR count). The fourth-order valence-corrected chi connectivity index (χ4v) is 6.05. The summed E-state index contributed by atoms with van der Waals surface area (Å²) >= 11 is 0. The number of hydrogen-bond acceptors (Lipinski definition) is 9. The lowest BCUT2D eigenvalue weighted by Gasteiger charge is -2.30. The SMILES string of the molecule is CC(C)CCC[C@@H]1NC(=O)CNC(=O)[C@@H](Cc2c[nH]c3ccccc23)NC(=O)[C@H]([C@H](O)CC(=O)O)NC(=O)[C@@H](CCCN)NC(=O)[C@@H](C(C)C)NC1=O. The maximum Gasteiger partial charge on any atom is 0.306 e. The Morgan fingerprint density at radius 1 is 0.792 bits per heavy atom. The number of carbonyl (C=O) groups excluding carboxylic acids is 6. The van der Waals surface area contributed by atoms with E-state index < -0.39 is 96.6 Å². The van der Waals surface area contributed by atoms with E-state index >= 15 is 0 Å². The van der Waals surface area contributed by atoms with E-state index in [0.29, 0.717) is 17.9 Å². The van der Waals surface area contributed by atoms with Crippen molar-refractivity contribution in [1.29, 1.82) is 0 Å². The van der Waals surface area contributed by atoms with Gasteiger partial charge in [-0.2, -0.15) is 0 Å². The molecular weight excluding hydrogens is 688 g/mol. The lowest BCUT2D eigenvalue weighted by atomic mass is 9.99. The zero-order chi connectivity index (χ0) is 39.2. The third kappa shape index (κ3) is 12.9. The van der Waals surface area contributed by atoms with Gasteiger partial charge in [-0.15, -0.1) is 0 Å². The number of hydrogen-bond donors (Lipinski definition) is 10. The minimum Gasteiger partial charge on any atom is -0.481 e. The standard InChI is InChI=1S/C36H54N8O9/c1-19(2)9-7-12-24-33(50)43-30(20(3)4)35(52)41-25(13-8-14-37)34(51)44-31(27(45)16-29(47)48)36(53)42-26(32(49)39-18-28(46)40-24)15-21-17-38-23-11-6-5-10-22(21)23/h5-6,10-11,17,19-20,24-27,30-31,38,45H,7-9,12-16,18,37H2,1-4H3,(H,39,49)(H,40,46)(H,41,52)(H,42,53)(H,43,50)(H,44,51)(H,47,48)/t24-,25+,26+,27+,30+,31-/m0/s1. The highest BCUT2D eigenvalue weighted by Crippen LogP contribution is 2.20. The number of carbonyl (C=O) groups is 7. The molecule has 2 heterocycles. The van der Waals surface area contributed by atoms with Gasteiger partial charge in [0, 0.05) is 23.5 Å². The van der Waals surface area contributed by atoms with Crippen molar-refractivity contribution < 1.29 is 43.8 Å². The number of rotatable bonds is 13. The molecule has 0 aliphatic carbocycles. The second-order valence-electron chi connectivity index (χ2n) is 14.2. The monoisotopic (exact) mass is 742 g/mol. The van der Waals surface area contributed by atoms with E-state index in [4.69, 9.17) is 5.73 Å². The number of H-pyrrole nitrogens is 1. The molecule has 1 aromatic carbocycles. The molecule has 1 aromatic heterocycles. The Morgan fingerprint density at radius 3 is 2.04 bits per heavy atom. The van der Waals surface area contributed by atoms with Gasteiger partial charge in [-0.25, -0.2) is 0 Å². The Bertz CT molecular complexity index is 1610. The number of aliphatic hydroxyl groups is 1. The molecule has 292 valence electrons. The number of aromatic nitrogens is 1. The number of carboxylic acid groups (broad SMARTS) is 1. The molecule has 0 radical (unpaired) electrons. The summed E-state index contributed by atoms with van der Waals surface area (Å²) in [5.41, 5.74) is 7.07. The van der Waals surface area contributed by atoms with Crippen LogP contribution in [0, 0.1) is 11.8 Å². The van der Waals surface area contributed by atoms with Crippen LogP contribution in [0.4, 0.5) is 0 Å². The van der Waals surface area contributed by atoms with Crippen molar-refractivity contribution in [2.24, 2.45) is 17.6 Å². The Balaban J connectivity index is 2.06. The quantitative estimate of drug-likeness (QED) is 0.124. The second-order valence-corrected chi connectivity index (χ2v) is 14.2. The molecule has 6 atom stereocenters. The van der Waals surface area contributed by atoms with E-state index in [0.717, 1.165) is 17.3 Å². The Morgan fingerprint density at radius 2 is 1.40 bits per heavy atom. The van der Waals surface area contributed by atoms with E-state index in [9.17, 15) is 43.8 Å². The first-order valence-corrected chi connectivity index (χ1v) is 18.0. The molecule has 1 aliphatic heterocycles. The highest BCUT2D eigenvalue weighted by molar-refractivity contribution is 5.98. The number of amides is 6. The summed E-state index contributed by atoms with van der Waals surface area (Å²) in [5.74, 6) is -6.48. The van der Waals surface area contributed by atoms with Gasteiger partial charge in [0.25, 0.3) is 0 Å². The normalized spacial score (nSPS) is 23.3. The highest BCUT2D eigenvalue weighted by atomic mass is 16.4. The van der Waals surface area contributed by atoms with Crippen molar-refractivity contribution in [2.75, 3.05) is 13.1 Å². The molecule has 0 unspecified atom stereocenters. The summed E-state index contributed by atoms with van der Waals surface area (Å²) in [4.78, 5) is 96.5. The minimum absolute atomic E-state index is 0.00429. The van der Waals surface area contributed by atoms with E-state index in [1.165, 1.54) is 0 Å². The highest BCUT2D eigenvalue weighted by Gasteiger charge is 2.37. The van der Waals surface area contributed by atoms with Gasteiger partial charge >= 0.3 is 5.97 Å². The van der Waals surface area contributed by atoms with Crippen LogP contribution in [0.5, 0.6) is 0 Å². The number of carboxylic acids is 1. The predicted octanol–water partition coefficient (Wildman–Crippen LogP) is -0.679. The number of benzene rings is 1. The molecular formula is C36H54N8O9. The molecule has 1 saturated heterocycles. The van der Waals surface area contributed by atoms with E-state index in [1.807, 2.05) is 26.0 Å². The van der Waals surface area contributed by atoms with Crippen LogP contribution in [0.15, 0.2) is 30.5 Å². The van der Waals surface area contributed by atoms with Gasteiger partial charge in [-0.05, 0) is 49.3 Å². The number of nitrogens with one attached hydrogen (secondary N) is 7. The number of fused-ring (bicyclic) bond motifs is 1. The molecule has 11 N–H and O–H groups in total. The predicted molar refractivity (Wildman–Crippen MR) is 195 cm³/mol. The van der Waals surface area contributed by atoms with E-state index in [2.05, 4.69) is 36.9 Å². The average molecular weight is 743 g/mol. The number of nitrogens with two attached hydrogens (primary N) is 1. The first kappa shape index (κ1) is 42.4. The maximum absolute atomic E-state index is 13.8. The largest absolute Gasteiger partial charge is 0.481 e. The van der Waals surface area contributed by atoms with Crippen molar-refractivity contribution in [3.63, 3.8) is 0 Å². The zero-order valence-corrected chi connectivity index (χ0v) is 30.7. The number of aliphatic carboxylic acids is 1. The van der Waals surface area contributed by atoms with Crippen molar-refractivity contribution in [3.8, 4) is 0 Å². The summed E-state index contributed by atoms with van der Waals surface area (Å²) in [5, 5.41) is 36.4. The topological polar surface area (TPSA) is 274 Å². The summed E-state index contributed by atoms with van der Waals surface area (Å²) in [6, 6.07) is 0.431. The van der Waals surface area contributed by atoms with E-state index in [-0.39, 0.29) is 32.2 Å². The van der Waals surface area contributed by atoms with Crippen LogP contribution in [0.25, 0.3) is 10.9 Å². The first-order chi connectivity index (χ1) is 25.1. The van der Waals surface area contributed by atoms with Crippen LogP contribution in [0.3, 0.4) is 0 Å². The number of aromatic amines is 1. The summed E-state index contributed by atoms with van der Waals surface area (Å²) in [6.07, 6.45) is 0.481. The van der Waals surface area contributed by atoms with Gasteiger partial charge in [0.05, 0.1) is 19.1 Å². The average Bonchev–Trinajstić information content (AvgIpc) is 3.50. The van der Waals surface area contributed by atoms with Gasteiger partial charge in [0.2, 0.25) is 35.4 Å². The van der Waals surface area contributed by atoms with Gasteiger partial charge < -0.3 is 52.8 Å². The number of para-hydroxylation sites is 1. The molecule has 0 spiro atoms. The summed E-state index contributed by atoms with van der Waals surface area (Å²) in [7, 11) is 0. The van der Waals surface area contributed by atoms with Crippen molar-refractivity contribution in [2.45, 2.75) is 109 Å². The molecule has 1 fully saturated rings. The molecule has 0 saturated carbocycles. The lowest BCUT2D eigenvalue weighted by molar-refractivity contribution is -0.142. The fraction of sp³-hybridized carbons (Fsp3) is 0.583. The van der Waals surface area contributed by atoms with Gasteiger partial charge in [0.1, 0.15) is 30.2 Å². The zero-order valence-electron chi connectivity index (χ0n) is 30.7. The molecule has 17 heteroatoms. The van der Waals surface area contributed by atoms with Crippen LogP contribution >= 0.6 is 0 Å². The van der Waals surface area contributed by atoms with Gasteiger partial charge in [-0.3, -0.25) is 33.6 Å². The van der Waals surface area contributed by atoms with Crippen LogP contribution in [0.2, 0.25) is 0 Å². The Hall–Kier alpha value is -5.03. The van der Waals surface area contributed by atoms with Crippen LogP contribution in [-0.2, 0) is 40.0 Å². The third-order valence-electron chi connectivity index (χ3n) is 9.01. The maximum atomic E-state index is 13.8. The van der Waals surface area contributed by atoms with Gasteiger partial charge in [-0.1, -0.05) is 58.7 Å². The Labute approximate surface area is 308 Å². The number of aliphatic hydroxyl groups excluding tert-OH is 1. The van der Waals surface area contributed by atoms with Crippen LogP contribution < -0.4 is 37.6 Å². The summed E-state index contributed by atoms with van der Waals surface area (Å²) < 4.78 is 0. The second kappa shape index (κ2) is 20.3. The molecule has 53 heavy (non-hydrogen) atoms. The Kier molecular flexibility index (Phi) is 16.2. The molecule has 0 bridgehead atoms. The molecule has 6 amide bonds. The molecule has 17 nitrogen and oxygen atoms in total. The first-order valence-electron chi connectivity index (χ1n) is 18.0. The molecule has 2 aromatic rings. The summed E-state index contributed by atoms with van der Waals surface area (Å²) in [6.45, 7) is 6.97. The van der Waals surface area contributed by atoms with E-state index in [1.54, 1.807) is 32.2 Å². The van der Waals surface area contributed by atoms with Crippen molar-refractivity contribution in [1.82, 2.24) is 36.9 Å². The third-order valence-corrected chi connectivity index (χ3v) is 9.01. The van der Waals surface area contributed by atoms with Gasteiger partial charge in [0.15, 0.2) is 0 Å². The van der Waals surface area contributed by atoms with Crippen molar-refractivity contribution in [3.05, 3.63) is 36.0 Å². The minimum atomic E-state index is -1.95. The molecule has 1 aliphatic rings. The van der Waals surface area contributed by atoms with Crippen LogP contribution in [-0.4, -0.2) is 106 Å². The smallest absolute Gasteiger partial charge is 0.306 e. The van der Waals surface area contributed by atoms with Crippen molar-refractivity contribution >= 4 is 52.3 Å². The van der Waals surface area contributed by atoms with Crippen LogP contribution in [0.1, 0.15) is 71.8 Å².